The van der Waals surface area contributed by atoms with Crippen molar-refractivity contribution in [1.82, 2.24) is 4.90 Å². The zero-order valence-corrected chi connectivity index (χ0v) is 12.5. The molecule has 0 bridgehead atoms. The fourth-order valence-electron chi connectivity index (χ4n) is 2.36. The molecule has 1 heterocycles. The van der Waals surface area contributed by atoms with Gasteiger partial charge in [0.1, 0.15) is 0 Å². The van der Waals surface area contributed by atoms with Crippen LogP contribution in [0.2, 0.25) is 0 Å². The van der Waals surface area contributed by atoms with Gasteiger partial charge in [-0.25, -0.2) is 0 Å². The van der Waals surface area contributed by atoms with Gasteiger partial charge in [-0.3, -0.25) is 4.79 Å². The number of carbonyl (C=O) groups excluding carboxylic acids is 1. The second kappa shape index (κ2) is 7.59. The highest BCUT2D eigenvalue weighted by Crippen LogP contribution is 2.19. The molecule has 104 valence electrons. The van der Waals surface area contributed by atoms with Gasteiger partial charge in [-0.15, -0.1) is 0 Å². The molecule has 2 nitrogen and oxygen atoms in total. The molecule has 1 aliphatic rings. The van der Waals surface area contributed by atoms with Crippen LogP contribution in [0.1, 0.15) is 43.7 Å². The Balaban J connectivity index is 1.81. The molecule has 2 rings (SSSR count). The summed E-state index contributed by atoms with van der Waals surface area (Å²) in [6, 6.07) is 8.60. The third-order valence-electron chi connectivity index (χ3n) is 3.66. The molecule has 1 fully saturated rings. The molecule has 1 aliphatic heterocycles. The molecule has 0 N–H and O–H groups in total. The number of hydrogen-bond acceptors (Lipinski definition) is 2. The molecular weight excluding hydrogens is 254 g/mol. The van der Waals surface area contributed by atoms with E-state index in [1.807, 2.05) is 4.90 Å². The predicted octanol–water partition coefficient (Wildman–Crippen LogP) is 4.48. The van der Waals surface area contributed by atoms with Gasteiger partial charge in [-0.1, -0.05) is 55.8 Å². The maximum absolute atomic E-state index is 12.1. The zero-order chi connectivity index (χ0) is 13.5. The Bertz CT molecular complexity index is 394. The number of likely N-dealkylation sites (tertiary alicyclic amines) is 1. The molecule has 0 radical (unpaired) electrons. The number of amides is 1. The summed E-state index contributed by atoms with van der Waals surface area (Å²) in [5, 5.41) is 0.251. The first-order valence-corrected chi connectivity index (χ1v) is 8.27. The topological polar surface area (TPSA) is 20.3 Å². The number of aryl methyl sites for hydroxylation is 1. The Morgan fingerprint density at radius 3 is 2.21 bits per heavy atom. The minimum absolute atomic E-state index is 0.251. The fourth-order valence-corrected chi connectivity index (χ4v) is 3.21. The van der Waals surface area contributed by atoms with E-state index in [0.717, 1.165) is 38.1 Å². The Morgan fingerprint density at radius 1 is 1.05 bits per heavy atom. The normalized spacial score (nSPS) is 16.2. The molecule has 19 heavy (non-hydrogen) atoms. The maximum atomic E-state index is 12.1. The lowest BCUT2D eigenvalue weighted by molar-refractivity contribution is 0.225. The van der Waals surface area contributed by atoms with Crippen molar-refractivity contribution in [3.8, 4) is 0 Å². The van der Waals surface area contributed by atoms with E-state index in [0.29, 0.717) is 0 Å². The Labute approximate surface area is 120 Å². The summed E-state index contributed by atoms with van der Waals surface area (Å²) in [6.07, 6.45) is 5.94. The van der Waals surface area contributed by atoms with Crippen LogP contribution >= 0.6 is 11.8 Å². The highest BCUT2D eigenvalue weighted by Gasteiger charge is 2.15. The van der Waals surface area contributed by atoms with Crippen molar-refractivity contribution in [2.75, 3.05) is 13.1 Å². The van der Waals surface area contributed by atoms with Crippen LogP contribution < -0.4 is 0 Å². The number of rotatable bonds is 3. The monoisotopic (exact) mass is 277 g/mol. The molecule has 1 saturated heterocycles. The first kappa shape index (κ1) is 14.4. The zero-order valence-electron chi connectivity index (χ0n) is 11.7. The van der Waals surface area contributed by atoms with E-state index >= 15 is 0 Å². The van der Waals surface area contributed by atoms with E-state index in [9.17, 15) is 4.79 Å². The molecular formula is C16H23NOS. The lowest BCUT2D eigenvalue weighted by Crippen LogP contribution is -2.28. The summed E-state index contributed by atoms with van der Waals surface area (Å²) in [7, 11) is 0. The molecule has 3 heteroatoms. The second-order valence-electron chi connectivity index (χ2n) is 5.13. The van der Waals surface area contributed by atoms with Crippen molar-refractivity contribution in [3.63, 3.8) is 0 Å². The lowest BCUT2D eigenvalue weighted by Gasteiger charge is -2.19. The summed E-state index contributed by atoms with van der Waals surface area (Å²) in [4.78, 5) is 14.2. The number of thioether (sulfide) groups is 1. The summed E-state index contributed by atoms with van der Waals surface area (Å²) < 4.78 is 0. The van der Waals surface area contributed by atoms with E-state index in [2.05, 4.69) is 31.2 Å². The fraction of sp³-hybridized carbons (Fsp3) is 0.562. The molecule has 0 aromatic heterocycles. The average molecular weight is 277 g/mol. The predicted molar refractivity (Wildman–Crippen MR) is 82.6 cm³/mol. The molecule has 0 saturated carbocycles. The minimum atomic E-state index is 0.251. The van der Waals surface area contributed by atoms with Crippen molar-refractivity contribution < 1.29 is 4.79 Å². The smallest absolute Gasteiger partial charge is 0.281 e. The van der Waals surface area contributed by atoms with E-state index in [4.69, 9.17) is 0 Å². The van der Waals surface area contributed by atoms with Crippen LogP contribution in [0, 0.1) is 0 Å². The van der Waals surface area contributed by atoms with Gasteiger partial charge in [0.2, 0.25) is 0 Å². The van der Waals surface area contributed by atoms with Crippen molar-refractivity contribution >= 4 is 17.0 Å². The van der Waals surface area contributed by atoms with Gasteiger partial charge in [0, 0.05) is 18.8 Å². The Hall–Kier alpha value is -0.960. The number of hydrogen-bond donors (Lipinski definition) is 0. The van der Waals surface area contributed by atoms with Crippen LogP contribution in [0.4, 0.5) is 4.79 Å². The van der Waals surface area contributed by atoms with Crippen LogP contribution in [0.3, 0.4) is 0 Å². The van der Waals surface area contributed by atoms with Crippen molar-refractivity contribution in [2.24, 2.45) is 0 Å². The molecule has 0 aliphatic carbocycles. The Kier molecular flexibility index (Phi) is 5.77. The van der Waals surface area contributed by atoms with E-state index in [-0.39, 0.29) is 5.24 Å². The van der Waals surface area contributed by atoms with Crippen molar-refractivity contribution in [3.05, 3.63) is 35.4 Å². The molecule has 1 aromatic rings. The van der Waals surface area contributed by atoms with Crippen molar-refractivity contribution in [2.45, 2.75) is 44.8 Å². The second-order valence-corrected chi connectivity index (χ2v) is 6.05. The van der Waals surface area contributed by atoms with Gasteiger partial charge < -0.3 is 4.90 Å². The number of nitrogens with zero attached hydrogens (tertiary/aromatic N) is 1. The lowest BCUT2D eigenvalue weighted by atomic mass is 10.1. The molecule has 0 atom stereocenters. The van der Waals surface area contributed by atoms with Gasteiger partial charge >= 0.3 is 0 Å². The summed E-state index contributed by atoms with van der Waals surface area (Å²) >= 11 is 1.45. The SMILES string of the molecule is CCc1ccc(CSC(=O)N2CCCCCC2)cc1. The summed E-state index contributed by atoms with van der Waals surface area (Å²) in [5.41, 5.74) is 2.60. The van der Waals surface area contributed by atoms with E-state index in [1.54, 1.807) is 0 Å². The van der Waals surface area contributed by atoms with Crippen LogP contribution in [0.25, 0.3) is 0 Å². The molecule has 0 unspecified atom stereocenters. The average Bonchev–Trinajstić information content (AvgIpc) is 2.74. The largest absolute Gasteiger partial charge is 0.334 e. The minimum Gasteiger partial charge on any atom is -0.334 e. The standard InChI is InChI=1S/C16H23NOS/c1-2-14-7-9-15(10-8-14)13-19-16(18)17-11-5-3-4-6-12-17/h7-10H,2-6,11-13H2,1H3. The highest BCUT2D eigenvalue weighted by molar-refractivity contribution is 8.12. The van der Waals surface area contributed by atoms with E-state index in [1.165, 1.54) is 35.7 Å². The van der Waals surface area contributed by atoms with Crippen LogP contribution in [-0.2, 0) is 12.2 Å². The quantitative estimate of drug-likeness (QED) is 0.812. The molecule has 1 amide bonds. The van der Waals surface area contributed by atoms with Crippen molar-refractivity contribution in [1.29, 1.82) is 0 Å². The number of carbonyl (C=O) groups is 1. The van der Waals surface area contributed by atoms with E-state index < -0.39 is 0 Å². The van der Waals surface area contributed by atoms with Gasteiger partial charge in [0.25, 0.3) is 5.24 Å². The van der Waals surface area contributed by atoms with Crippen LogP contribution in [0.15, 0.2) is 24.3 Å². The van der Waals surface area contributed by atoms with Gasteiger partial charge in [0.15, 0.2) is 0 Å². The molecule has 1 aromatic carbocycles. The third kappa shape index (κ3) is 4.57. The van der Waals surface area contributed by atoms with Gasteiger partial charge in [-0.05, 0) is 30.4 Å². The van der Waals surface area contributed by atoms with Crippen LogP contribution in [-0.4, -0.2) is 23.2 Å². The maximum Gasteiger partial charge on any atom is 0.281 e. The molecule has 0 spiro atoms. The summed E-state index contributed by atoms with van der Waals surface area (Å²) in [6.45, 7) is 4.05. The van der Waals surface area contributed by atoms with Gasteiger partial charge in [0.05, 0.1) is 0 Å². The number of benzene rings is 1. The van der Waals surface area contributed by atoms with Crippen LogP contribution in [0.5, 0.6) is 0 Å². The Morgan fingerprint density at radius 2 is 1.63 bits per heavy atom. The highest BCUT2D eigenvalue weighted by atomic mass is 32.2. The first-order chi connectivity index (χ1) is 9.29. The third-order valence-corrected chi connectivity index (χ3v) is 4.64. The van der Waals surface area contributed by atoms with Gasteiger partial charge in [-0.2, -0.15) is 0 Å². The first-order valence-electron chi connectivity index (χ1n) is 7.29. The summed E-state index contributed by atoms with van der Waals surface area (Å²) in [5.74, 6) is 0.791.